The first-order chi connectivity index (χ1) is 17.0. The van der Waals surface area contributed by atoms with Gasteiger partial charge in [-0.2, -0.15) is 0 Å². The molecule has 7 nitrogen and oxygen atoms in total. The number of carbonyl (C=O) groups is 1. The lowest BCUT2D eigenvalue weighted by molar-refractivity contribution is 0.0225. The van der Waals surface area contributed by atoms with Crippen molar-refractivity contribution in [3.05, 3.63) is 71.9 Å². The Labute approximate surface area is 205 Å². The van der Waals surface area contributed by atoms with Crippen molar-refractivity contribution in [2.24, 2.45) is 12.5 Å². The van der Waals surface area contributed by atoms with Crippen molar-refractivity contribution in [2.75, 3.05) is 20.1 Å². The third-order valence-electron chi connectivity index (χ3n) is 7.95. The minimum absolute atomic E-state index is 0.0823. The summed E-state index contributed by atoms with van der Waals surface area (Å²) in [4.78, 5) is 24.8. The first kappa shape index (κ1) is 22.0. The molecule has 4 aromatic rings. The third kappa shape index (κ3) is 4.36. The first-order valence-corrected chi connectivity index (χ1v) is 12.4. The molecule has 6 rings (SSSR count). The van der Waals surface area contributed by atoms with Crippen LogP contribution in [0.4, 0.5) is 0 Å². The molecule has 178 valence electrons. The second-order valence-corrected chi connectivity index (χ2v) is 10.5. The molecule has 0 amide bonds. The predicted molar refractivity (Wildman–Crippen MR) is 135 cm³/mol. The number of likely N-dealkylation sites (tertiary alicyclic amines) is 1. The van der Waals surface area contributed by atoms with E-state index >= 15 is 0 Å². The number of piperidine rings is 1. The smallest absolute Gasteiger partial charge is 0.168 e. The fourth-order valence-corrected chi connectivity index (χ4v) is 5.73. The summed E-state index contributed by atoms with van der Waals surface area (Å²) in [7, 11) is 4.06. The van der Waals surface area contributed by atoms with Crippen LogP contribution < -0.4 is 0 Å². The lowest BCUT2D eigenvalue weighted by atomic mass is 9.56. The Kier molecular flexibility index (Phi) is 5.44. The van der Waals surface area contributed by atoms with Crippen molar-refractivity contribution in [3.63, 3.8) is 0 Å². The number of aryl methyl sites for hydroxylation is 1. The molecule has 2 aliphatic rings. The number of ketones is 1. The van der Waals surface area contributed by atoms with E-state index < -0.39 is 0 Å². The van der Waals surface area contributed by atoms with Crippen molar-refractivity contribution in [1.29, 1.82) is 0 Å². The highest BCUT2D eigenvalue weighted by Crippen LogP contribution is 2.56. The molecule has 7 heteroatoms. The van der Waals surface area contributed by atoms with Gasteiger partial charge >= 0.3 is 0 Å². The zero-order valence-electron chi connectivity index (χ0n) is 20.3. The van der Waals surface area contributed by atoms with E-state index in [2.05, 4.69) is 38.3 Å². The average molecular weight is 467 g/mol. The number of fused-ring (bicyclic) bond motifs is 1. The quantitative estimate of drug-likeness (QED) is 0.405. The maximum absolute atomic E-state index is 13.2. The molecule has 0 radical (unpaired) electrons. The molecule has 0 N–H and O–H groups in total. The summed E-state index contributed by atoms with van der Waals surface area (Å²) < 4.78 is 1.69. The van der Waals surface area contributed by atoms with Crippen molar-refractivity contribution >= 4 is 16.6 Å². The van der Waals surface area contributed by atoms with Gasteiger partial charge in [0, 0.05) is 53.3 Å². The zero-order valence-corrected chi connectivity index (χ0v) is 20.3. The van der Waals surface area contributed by atoms with Gasteiger partial charge in [-0.1, -0.05) is 17.3 Å². The topological polar surface area (TPSA) is 76.8 Å². The van der Waals surface area contributed by atoms with Crippen LogP contribution in [-0.2, 0) is 13.5 Å². The fourth-order valence-electron chi connectivity index (χ4n) is 5.73. The summed E-state index contributed by atoms with van der Waals surface area (Å²) in [6.45, 7) is 2.38. The second-order valence-electron chi connectivity index (χ2n) is 10.5. The number of hydrogen-bond acceptors (Lipinski definition) is 6. The Balaban J connectivity index is 1.17. The standard InChI is InChI=1S/C28H30N6O/c1-33-9-6-28(7-10-33)15-23(16-28)25-13-20(5-8-29-25)27(35)14-24-12-22-11-19(3-4-21(22)17-30-24)26-18-34(2)32-31-26/h3-5,8,11-13,17-18,23H,6-7,9-10,14-16H2,1-2H3. The lowest BCUT2D eigenvalue weighted by Crippen LogP contribution is -2.45. The third-order valence-corrected chi connectivity index (χ3v) is 7.95. The number of Topliss-reactive ketones (excluding diaryl/α,β-unsaturated/α-hetero) is 1. The van der Waals surface area contributed by atoms with Crippen LogP contribution in [0.1, 0.15) is 53.3 Å². The monoisotopic (exact) mass is 466 g/mol. The first-order valence-electron chi connectivity index (χ1n) is 12.4. The zero-order chi connectivity index (χ0) is 24.0. The van der Waals surface area contributed by atoms with Gasteiger partial charge in [-0.05, 0) is 80.9 Å². The summed E-state index contributed by atoms with van der Waals surface area (Å²) in [6.07, 6.45) is 10.8. The number of benzene rings is 1. The molecule has 3 aromatic heterocycles. The maximum atomic E-state index is 13.2. The average Bonchev–Trinajstić information content (AvgIpc) is 3.29. The van der Waals surface area contributed by atoms with Gasteiger partial charge in [-0.15, -0.1) is 5.10 Å². The van der Waals surface area contributed by atoms with Crippen LogP contribution in [0, 0.1) is 5.41 Å². The van der Waals surface area contributed by atoms with Crippen LogP contribution in [0.5, 0.6) is 0 Å². The van der Waals surface area contributed by atoms with E-state index in [1.54, 1.807) is 10.9 Å². The molecule has 1 spiro atoms. The number of rotatable bonds is 5. The summed E-state index contributed by atoms with van der Waals surface area (Å²) in [5.74, 6) is 0.559. The molecule has 1 saturated carbocycles. The Hall–Kier alpha value is -3.45. The van der Waals surface area contributed by atoms with E-state index in [1.165, 1.54) is 38.8 Å². The Morgan fingerprint density at radius 2 is 1.86 bits per heavy atom. The Morgan fingerprint density at radius 3 is 2.63 bits per heavy atom. The number of carbonyl (C=O) groups excluding carboxylic acids is 1. The molecule has 1 aliphatic heterocycles. The highest BCUT2D eigenvalue weighted by molar-refractivity contribution is 5.98. The van der Waals surface area contributed by atoms with E-state index in [0.717, 1.165) is 39.0 Å². The van der Waals surface area contributed by atoms with Gasteiger partial charge < -0.3 is 4.90 Å². The molecular weight excluding hydrogens is 436 g/mol. The van der Waals surface area contributed by atoms with Gasteiger partial charge in [0.25, 0.3) is 0 Å². The summed E-state index contributed by atoms with van der Waals surface area (Å²) in [5.41, 5.74) is 4.89. The van der Waals surface area contributed by atoms with E-state index in [1.807, 2.05) is 49.8 Å². The van der Waals surface area contributed by atoms with Gasteiger partial charge in [-0.3, -0.25) is 19.4 Å². The molecule has 1 aliphatic carbocycles. The summed E-state index contributed by atoms with van der Waals surface area (Å²) in [5, 5.41) is 10.3. The fraction of sp³-hybridized carbons (Fsp3) is 0.393. The van der Waals surface area contributed by atoms with Crippen molar-refractivity contribution in [2.45, 2.75) is 38.0 Å². The molecular formula is C28H30N6O. The van der Waals surface area contributed by atoms with Crippen LogP contribution in [0.3, 0.4) is 0 Å². The van der Waals surface area contributed by atoms with Crippen LogP contribution in [0.15, 0.2) is 55.0 Å². The van der Waals surface area contributed by atoms with Crippen LogP contribution >= 0.6 is 0 Å². The van der Waals surface area contributed by atoms with Gasteiger partial charge in [-0.25, -0.2) is 0 Å². The summed E-state index contributed by atoms with van der Waals surface area (Å²) in [6, 6.07) is 12.0. The maximum Gasteiger partial charge on any atom is 0.168 e. The second kappa shape index (κ2) is 8.64. The molecule has 1 aromatic carbocycles. The van der Waals surface area contributed by atoms with E-state index in [0.29, 0.717) is 11.3 Å². The largest absolute Gasteiger partial charge is 0.306 e. The highest BCUT2D eigenvalue weighted by atomic mass is 16.1. The predicted octanol–water partition coefficient (Wildman–Crippen LogP) is 4.44. The van der Waals surface area contributed by atoms with Crippen molar-refractivity contribution < 1.29 is 4.79 Å². The number of nitrogens with zero attached hydrogens (tertiary/aromatic N) is 6. The molecule has 1 saturated heterocycles. The number of aromatic nitrogens is 5. The molecule has 0 bridgehead atoms. The molecule has 35 heavy (non-hydrogen) atoms. The normalized spacial score (nSPS) is 18.1. The van der Waals surface area contributed by atoms with Gasteiger partial charge in [0.05, 0.1) is 12.6 Å². The van der Waals surface area contributed by atoms with Gasteiger partial charge in [0.15, 0.2) is 5.78 Å². The van der Waals surface area contributed by atoms with Crippen LogP contribution in [0.2, 0.25) is 0 Å². The molecule has 2 fully saturated rings. The van der Waals surface area contributed by atoms with Crippen molar-refractivity contribution in [3.8, 4) is 11.3 Å². The minimum Gasteiger partial charge on any atom is -0.306 e. The van der Waals surface area contributed by atoms with Crippen LogP contribution in [-0.4, -0.2) is 55.8 Å². The number of hydrogen-bond donors (Lipinski definition) is 0. The Morgan fingerprint density at radius 1 is 1.03 bits per heavy atom. The molecule has 0 unspecified atom stereocenters. The van der Waals surface area contributed by atoms with Gasteiger partial charge in [0.2, 0.25) is 0 Å². The number of pyridine rings is 2. The highest BCUT2D eigenvalue weighted by Gasteiger charge is 2.46. The van der Waals surface area contributed by atoms with E-state index in [4.69, 9.17) is 0 Å². The molecule has 0 atom stereocenters. The van der Waals surface area contributed by atoms with Crippen LogP contribution in [0.25, 0.3) is 22.0 Å². The SMILES string of the molecule is CN1CCC2(CC1)CC(c1cc(C(=O)Cc3cc4cc(-c5cn(C)nn5)ccc4cn3)ccn1)C2. The Bertz CT molecular complexity index is 1390. The van der Waals surface area contributed by atoms with E-state index in [9.17, 15) is 4.79 Å². The van der Waals surface area contributed by atoms with E-state index in [-0.39, 0.29) is 12.2 Å². The van der Waals surface area contributed by atoms with Crippen molar-refractivity contribution in [1.82, 2.24) is 29.9 Å². The minimum atomic E-state index is 0.0823. The lowest BCUT2D eigenvalue weighted by Gasteiger charge is -2.51. The van der Waals surface area contributed by atoms with Gasteiger partial charge in [0.1, 0.15) is 5.69 Å². The summed E-state index contributed by atoms with van der Waals surface area (Å²) >= 11 is 0. The molecule has 4 heterocycles.